The second-order valence-electron chi connectivity index (χ2n) is 5.43. The number of amides is 1. The first-order valence-corrected chi connectivity index (χ1v) is 8.14. The minimum absolute atomic E-state index is 0.0902. The highest BCUT2D eigenvalue weighted by Gasteiger charge is 2.19. The molecule has 4 heteroatoms. The van der Waals surface area contributed by atoms with Crippen LogP contribution in [0.2, 0.25) is 0 Å². The normalized spacial score (nSPS) is 14.0. The minimum atomic E-state index is -0.0902. The minimum Gasteiger partial charge on any atom is -0.323 e. The zero-order chi connectivity index (χ0) is 15.8. The predicted molar refractivity (Wildman–Crippen MR) is 97.2 cm³/mol. The van der Waals surface area contributed by atoms with Crippen LogP contribution in [0.5, 0.6) is 0 Å². The number of carbonyl (C=O) groups excluding carboxylic acids is 1. The van der Waals surface area contributed by atoms with E-state index >= 15 is 0 Å². The molecule has 23 heavy (non-hydrogen) atoms. The van der Waals surface area contributed by atoms with E-state index in [1.807, 2.05) is 54.6 Å². The van der Waals surface area contributed by atoms with Gasteiger partial charge in [0, 0.05) is 21.0 Å². The molecule has 0 fully saturated rings. The van der Waals surface area contributed by atoms with Crippen molar-refractivity contribution in [3.63, 3.8) is 0 Å². The predicted octanol–water partition coefficient (Wildman–Crippen LogP) is 4.39. The Hall–Kier alpha value is -2.46. The number of fused-ring (bicyclic) bond motifs is 3. The summed E-state index contributed by atoms with van der Waals surface area (Å²) < 4.78 is 0.989. The van der Waals surface area contributed by atoms with Crippen molar-refractivity contribution in [2.45, 2.75) is 0 Å². The lowest BCUT2D eigenvalue weighted by Crippen LogP contribution is -2.13. The number of benzene rings is 3. The Morgan fingerprint density at radius 1 is 1.00 bits per heavy atom. The Kier molecular flexibility index (Phi) is 3.46. The summed E-state index contributed by atoms with van der Waals surface area (Å²) in [5.74, 6) is -0.0902. The number of hydrogen-bond acceptors (Lipinski definition) is 2. The first kappa shape index (κ1) is 14.2. The highest BCUT2D eigenvalue weighted by atomic mass is 79.9. The van der Waals surface area contributed by atoms with Crippen molar-refractivity contribution in [2.75, 3.05) is 11.9 Å². The lowest BCUT2D eigenvalue weighted by molar-refractivity contribution is -0.114. The Balaban J connectivity index is 2.00. The summed E-state index contributed by atoms with van der Waals surface area (Å²) >= 11 is 3.50. The van der Waals surface area contributed by atoms with Crippen LogP contribution in [0.25, 0.3) is 10.8 Å². The van der Waals surface area contributed by atoms with Crippen LogP contribution in [0.3, 0.4) is 0 Å². The van der Waals surface area contributed by atoms with E-state index in [-0.39, 0.29) is 12.5 Å². The van der Waals surface area contributed by atoms with Gasteiger partial charge < -0.3 is 5.32 Å². The van der Waals surface area contributed by atoms with E-state index in [1.165, 1.54) is 0 Å². The number of carbonyl (C=O) groups is 1. The van der Waals surface area contributed by atoms with Crippen LogP contribution in [0, 0.1) is 0 Å². The smallest absolute Gasteiger partial charge is 0.246 e. The fourth-order valence-corrected chi connectivity index (χ4v) is 3.30. The summed E-state index contributed by atoms with van der Waals surface area (Å²) in [4.78, 5) is 16.7. The van der Waals surface area contributed by atoms with Gasteiger partial charge in [0.15, 0.2) is 0 Å². The van der Waals surface area contributed by atoms with Gasteiger partial charge in [-0.3, -0.25) is 9.79 Å². The summed E-state index contributed by atoms with van der Waals surface area (Å²) in [5, 5.41) is 5.14. The topological polar surface area (TPSA) is 41.5 Å². The van der Waals surface area contributed by atoms with Gasteiger partial charge in [-0.15, -0.1) is 0 Å². The van der Waals surface area contributed by atoms with Gasteiger partial charge in [-0.2, -0.15) is 0 Å². The zero-order valence-electron chi connectivity index (χ0n) is 12.2. The second-order valence-corrected chi connectivity index (χ2v) is 6.35. The molecule has 3 nitrogen and oxygen atoms in total. The van der Waals surface area contributed by atoms with Gasteiger partial charge in [-0.25, -0.2) is 0 Å². The van der Waals surface area contributed by atoms with E-state index in [1.54, 1.807) is 0 Å². The quantitative estimate of drug-likeness (QED) is 0.683. The van der Waals surface area contributed by atoms with Gasteiger partial charge in [-0.05, 0) is 17.5 Å². The molecular formula is C19H13BrN2O. The highest BCUT2D eigenvalue weighted by Crippen LogP contribution is 2.31. The van der Waals surface area contributed by atoms with Crippen molar-refractivity contribution < 1.29 is 4.79 Å². The molecule has 0 spiro atoms. The van der Waals surface area contributed by atoms with Crippen molar-refractivity contribution >= 4 is 44.0 Å². The number of anilines is 1. The maximum Gasteiger partial charge on any atom is 0.246 e. The number of aliphatic imine (C=N–C) groups is 1. The van der Waals surface area contributed by atoms with Gasteiger partial charge in [0.1, 0.15) is 6.54 Å². The molecule has 0 bridgehead atoms. The SMILES string of the molecule is O=C1CN=C(c2cccc(Br)c2)c2ccc3ccccc3c2N1. The molecule has 0 aliphatic carbocycles. The number of hydrogen-bond donors (Lipinski definition) is 1. The second kappa shape index (κ2) is 5.63. The maximum atomic E-state index is 12.1. The first-order chi connectivity index (χ1) is 11.2. The number of halogens is 1. The summed E-state index contributed by atoms with van der Waals surface area (Å²) in [7, 11) is 0. The Bertz CT molecular complexity index is 962. The Morgan fingerprint density at radius 3 is 2.74 bits per heavy atom. The van der Waals surface area contributed by atoms with Gasteiger partial charge in [-0.1, -0.05) is 64.5 Å². The van der Waals surface area contributed by atoms with Crippen LogP contribution in [0.15, 0.2) is 70.1 Å². The average Bonchev–Trinajstić information content (AvgIpc) is 2.73. The van der Waals surface area contributed by atoms with Crippen molar-refractivity contribution in [1.82, 2.24) is 0 Å². The van der Waals surface area contributed by atoms with E-state index < -0.39 is 0 Å². The molecule has 3 aromatic carbocycles. The van der Waals surface area contributed by atoms with E-state index in [9.17, 15) is 4.79 Å². The third-order valence-corrected chi connectivity index (χ3v) is 4.42. The summed E-state index contributed by atoms with van der Waals surface area (Å²) in [6, 6.07) is 20.1. The molecule has 0 saturated heterocycles. The lowest BCUT2D eigenvalue weighted by Gasteiger charge is -2.13. The number of nitrogens with zero attached hydrogens (tertiary/aromatic N) is 1. The van der Waals surface area contributed by atoms with Crippen molar-refractivity contribution in [3.05, 3.63) is 76.3 Å². The van der Waals surface area contributed by atoms with E-state index in [0.29, 0.717) is 0 Å². The molecule has 4 rings (SSSR count). The van der Waals surface area contributed by atoms with E-state index in [0.717, 1.165) is 37.8 Å². The Labute approximate surface area is 142 Å². The Morgan fingerprint density at radius 2 is 1.87 bits per heavy atom. The monoisotopic (exact) mass is 364 g/mol. The van der Waals surface area contributed by atoms with Crippen molar-refractivity contribution in [2.24, 2.45) is 4.99 Å². The van der Waals surface area contributed by atoms with Crippen LogP contribution in [0.1, 0.15) is 11.1 Å². The molecule has 0 unspecified atom stereocenters. The fraction of sp³-hybridized carbons (Fsp3) is 0.0526. The first-order valence-electron chi connectivity index (χ1n) is 7.35. The van der Waals surface area contributed by atoms with Crippen LogP contribution < -0.4 is 5.32 Å². The third-order valence-electron chi connectivity index (χ3n) is 3.93. The van der Waals surface area contributed by atoms with Gasteiger partial charge >= 0.3 is 0 Å². The lowest BCUT2D eigenvalue weighted by atomic mass is 9.97. The number of nitrogens with one attached hydrogen (secondary N) is 1. The summed E-state index contributed by atoms with van der Waals surface area (Å²) in [5.41, 5.74) is 3.62. The number of rotatable bonds is 1. The third kappa shape index (κ3) is 2.55. The maximum absolute atomic E-state index is 12.1. The van der Waals surface area contributed by atoms with Gasteiger partial charge in [0.05, 0.1) is 11.4 Å². The molecule has 112 valence electrons. The largest absolute Gasteiger partial charge is 0.323 e. The van der Waals surface area contributed by atoms with E-state index in [4.69, 9.17) is 0 Å². The van der Waals surface area contributed by atoms with Crippen molar-refractivity contribution in [1.29, 1.82) is 0 Å². The molecule has 0 saturated carbocycles. The zero-order valence-corrected chi connectivity index (χ0v) is 13.8. The molecule has 0 radical (unpaired) electrons. The molecule has 1 aliphatic heterocycles. The molecule has 0 aromatic heterocycles. The van der Waals surface area contributed by atoms with E-state index in [2.05, 4.69) is 32.3 Å². The fourth-order valence-electron chi connectivity index (χ4n) is 2.90. The highest BCUT2D eigenvalue weighted by molar-refractivity contribution is 9.10. The van der Waals surface area contributed by atoms with Crippen LogP contribution in [-0.2, 0) is 4.79 Å². The van der Waals surface area contributed by atoms with Crippen molar-refractivity contribution in [3.8, 4) is 0 Å². The molecule has 1 N–H and O–H groups in total. The molecule has 1 amide bonds. The van der Waals surface area contributed by atoms with Crippen LogP contribution in [-0.4, -0.2) is 18.2 Å². The summed E-state index contributed by atoms with van der Waals surface area (Å²) in [6.45, 7) is 0.130. The molecule has 1 heterocycles. The molecule has 1 aliphatic rings. The standard InChI is InChI=1S/C19H13BrN2O/c20-14-6-3-5-13(10-14)18-16-9-8-12-4-1-2-7-15(12)19(16)22-17(23)11-21-18/h1-10H,11H2,(H,22,23). The van der Waals surface area contributed by atoms with Crippen LogP contribution >= 0.6 is 15.9 Å². The molecule has 0 atom stereocenters. The average molecular weight is 365 g/mol. The van der Waals surface area contributed by atoms with Gasteiger partial charge in [0.2, 0.25) is 5.91 Å². The van der Waals surface area contributed by atoms with Gasteiger partial charge in [0.25, 0.3) is 0 Å². The molecular weight excluding hydrogens is 352 g/mol. The van der Waals surface area contributed by atoms with Crippen LogP contribution in [0.4, 0.5) is 5.69 Å². The molecule has 3 aromatic rings. The summed E-state index contributed by atoms with van der Waals surface area (Å²) in [6.07, 6.45) is 0.